The van der Waals surface area contributed by atoms with Crippen LogP contribution in [0.2, 0.25) is 0 Å². The second kappa shape index (κ2) is 10.5. The van der Waals surface area contributed by atoms with Gasteiger partial charge in [0.05, 0.1) is 12.3 Å². The first-order valence-corrected chi connectivity index (χ1v) is 11.0. The van der Waals surface area contributed by atoms with Crippen LogP contribution < -0.4 is 4.90 Å². The number of aldehydes is 1. The first kappa shape index (κ1) is 23.6. The zero-order valence-corrected chi connectivity index (χ0v) is 19.6. The van der Waals surface area contributed by atoms with Crippen molar-refractivity contribution in [2.24, 2.45) is 0 Å². The van der Waals surface area contributed by atoms with Crippen LogP contribution in [0.5, 0.6) is 0 Å². The zero-order chi connectivity index (χ0) is 23.3. The van der Waals surface area contributed by atoms with Crippen molar-refractivity contribution in [3.63, 3.8) is 0 Å². The van der Waals surface area contributed by atoms with E-state index >= 15 is 0 Å². The average molecular weight is 434 g/mol. The highest BCUT2D eigenvalue weighted by molar-refractivity contribution is 6.10. The highest BCUT2D eigenvalue weighted by Crippen LogP contribution is 2.38. The standard InChI is InChI=1S/C26H31N3O3/c1-6-8-26(31)29(25-10-9-20(15-28(5)7-2)23(16-30)27-25)24-14-19(4)18(3)13-22(24)21-11-12-32-17-21/h9-10,13-14,16,21H,7,11-12,15,17H2,1-5H3. The molecule has 0 saturated carbocycles. The van der Waals surface area contributed by atoms with E-state index < -0.39 is 0 Å². The normalized spacial score (nSPS) is 15.4. The summed E-state index contributed by atoms with van der Waals surface area (Å²) < 4.78 is 5.63. The molecule has 1 fully saturated rings. The van der Waals surface area contributed by atoms with Crippen molar-refractivity contribution in [3.05, 3.63) is 52.2 Å². The lowest BCUT2D eigenvalue weighted by atomic mass is 9.92. The number of carbonyl (C=O) groups excluding carboxylic acids is 2. The largest absolute Gasteiger partial charge is 0.381 e. The minimum Gasteiger partial charge on any atom is -0.381 e. The Morgan fingerprint density at radius 1 is 1.28 bits per heavy atom. The van der Waals surface area contributed by atoms with Crippen molar-refractivity contribution in [2.75, 3.05) is 31.7 Å². The third-order valence-corrected chi connectivity index (χ3v) is 6.01. The molecule has 2 aromatic rings. The van der Waals surface area contributed by atoms with Gasteiger partial charge in [0.25, 0.3) is 0 Å². The molecule has 0 spiro atoms. The van der Waals surface area contributed by atoms with Crippen LogP contribution in [0, 0.1) is 25.7 Å². The summed E-state index contributed by atoms with van der Waals surface area (Å²) in [7, 11) is 1.99. The number of amides is 1. The van der Waals surface area contributed by atoms with Gasteiger partial charge in [0.1, 0.15) is 11.5 Å². The number of hydrogen-bond donors (Lipinski definition) is 0. The molecular weight excluding hydrogens is 402 g/mol. The van der Waals surface area contributed by atoms with Gasteiger partial charge in [-0.15, -0.1) is 0 Å². The molecule has 6 nitrogen and oxygen atoms in total. The van der Waals surface area contributed by atoms with Gasteiger partial charge in [-0.2, -0.15) is 0 Å². The van der Waals surface area contributed by atoms with Crippen LogP contribution in [-0.2, 0) is 16.1 Å². The summed E-state index contributed by atoms with van der Waals surface area (Å²) in [5.74, 6) is 5.57. The first-order chi connectivity index (χ1) is 15.4. The molecule has 1 aromatic carbocycles. The molecule has 1 saturated heterocycles. The molecule has 1 atom stereocenters. The van der Waals surface area contributed by atoms with Gasteiger partial charge in [0.2, 0.25) is 0 Å². The number of benzene rings is 1. The molecule has 0 radical (unpaired) electrons. The zero-order valence-electron chi connectivity index (χ0n) is 19.6. The van der Waals surface area contributed by atoms with Crippen molar-refractivity contribution in [3.8, 4) is 11.8 Å². The topological polar surface area (TPSA) is 62.7 Å². The Bertz CT molecular complexity index is 1060. The molecule has 0 aliphatic carbocycles. The second-order valence-corrected chi connectivity index (χ2v) is 8.23. The molecule has 1 unspecified atom stereocenters. The van der Waals surface area contributed by atoms with E-state index in [1.54, 1.807) is 13.0 Å². The predicted molar refractivity (Wildman–Crippen MR) is 126 cm³/mol. The third kappa shape index (κ3) is 5.07. The number of hydrogen-bond acceptors (Lipinski definition) is 5. The van der Waals surface area contributed by atoms with E-state index in [1.165, 1.54) is 4.90 Å². The smallest absolute Gasteiger partial charge is 0.308 e. The second-order valence-electron chi connectivity index (χ2n) is 8.23. The van der Waals surface area contributed by atoms with Crippen LogP contribution in [0.25, 0.3) is 0 Å². The van der Waals surface area contributed by atoms with E-state index in [9.17, 15) is 9.59 Å². The molecule has 1 aliphatic rings. The van der Waals surface area contributed by atoms with Crippen molar-refractivity contribution in [1.29, 1.82) is 0 Å². The van der Waals surface area contributed by atoms with Crippen molar-refractivity contribution < 1.29 is 14.3 Å². The monoisotopic (exact) mass is 433 g/mol. The van der Waals surface area contributed by atoms with Gasteiger partial charge in [-0.25, -0.2) is 4.98 Å². The van der Waals surface area contributed by atoms with E-state index in [-0.39, 0.29) is 11.8 Å². The van der Waals surface area contributed by atoms with Gasteiger partial charge >= 0.3 is 5.91 Å². The molecule has 1 aromatic heterocycles. The summed E-state index contributed by atoms with van der Waals surface area (Å²) >= 11 is 0. The van der Waals surface area contributed by atoms with Crippen LogP contribution in [-0.4, -0.2) is 48.9 Å². The molecule has 0 bridgehead atoms. The number of carbonyl (C=O) groups is 2. The van der Waals surface area contributed by atoms with E-state index in [4.69, 9.17) is 4.74 Å². The van der Waals surface area contributed by atoms with Crippen molar-refractivity contribution in [1.82, 2.24) is 9.88 Å². The summed E-state index contributed by atoms with van der Waals surface area (Å²) in [6.07, 6.45) is 1.65. The Hall–Kier alpha value is -3.01. The van der Waals surface area contributed by atoms with Gasteiger partial charge in [-0.3, -0.25) is 14.5 Å². The maximum Gasteiger partial charge on any atom is 0.308 e. The highest BCUT2D eigenvalue weighted by atomic mass is 16.5. The summed E-state index contributed by atoms with van der Waals surface area (Å²) in [6.45, 7) is 10.6. The Labute approximate surface area is 190 Å². The number of anilines is 2. The van der Waals surface area contributed by atoms with Gasteiger partial charge < -0.3 is 9.64 Å². The number of aryl methyl sites for hydroxylation is 2. The van der Waals surface area contributed by atoms with Crippen molar-refractivity contribution >= 4 is 23.7 Å². The number of pyridine rings is 1. The lowest BCUT2D eigenvalue weighted by molar-refractivity contribution is -0.112. The fourth-order valence-corrected chi connectivity index (χ4v) is 3.88. The summed E-state index contributed by atoms with van der Waals surface area (Å²) in [6, 6.07) is 7.82. The maximum atomic E-state index is 13.2. The van der Waals surface area contributed by atoms with Crippen LogP contribution >= 0.6 is 0 Å². The number of aromatic nitrogens is 1. The lowest BCUT2D eigenvalue weighted by Crippen LogP contribution is -2.28. The quantitative estimate of drug-likeness (QED) is 0.485. The minimum atomic E-state index is -0.376. The lowest BCUT2D eigenvalue weighted by Gasteiger charge is -2.26. The summed E-state index contributed by atoms with van der Waals surface area (Å²) in [5.41, 5.74) is 5.18. The molecule has 0 N–H and O–H groups in total. The number of rotatable bonds is 7. The van der Waals surface area contributed by atoms with Gasteiger partial charge in [0.15, 0.2) is 6.29 Å². The first-order valence-electron chi connectivity index (χ1n) is 11.0. The Kier molecular flexibility index (Phi) is 7.79. The van der Waals surface area contributed by atoms with E-state index in [0.29, 0.717) is 31.3 Å². The van der Waals surface area contributed by atoms with Gasteiger partial charge in [0, 0.05) is 19.1 Å². The molecule has 6 heteroatoms. The number of nitrogens with zero attached hydrogens (tertiary/aromatic N) is 3. The SMILES string of the molecule is CC#CC(=O)N(c1ccc(CN(C)CC)c(C=O)n1)c1cc(C)c(C)cc1C1CCOC1. The van der Waals surface area contributed by atoms with E-state index in [2.05, 4.69) is 41.6 Å². The molecular formula is C26H31N3O3. The van der Waals surface area contributed by atoms with Gasteiger partial charge in [-0.1, -0.05) is 25.0 Å². The molecule has 2 heterocycles. The summed E-state index contributed by atoms with van der Waals surface area (Å²) in [5, 5.41) is 0. The third-order valence-electron chi connectivity index (χ3n) is 6.01. The van der Waals surface area contributed by atoms with Crippen LogP contribution in [0.15, 0.2) is 24.3 Å². The van der Waals surface area contributed by atoms with Crippen LogP contribution in [0.4, 0.5) is 11.5 Å². The van der Waals surface area contributed by atoms with E-state index in [1.807, 2.05) is 26.1 Å². The van der Waals surface area contributed by atoms with Crippen LogP contribution in [0.3, 0.4) is 0 Å². The molecule has 3 rings (SSSR count). The Balaban J connectivity index is 2.17. The minimum absolute atomic E-state index is 0.192. The number of ether oxygens (including phenoxy) is 1. The van der Waals surface area contributed by atoms with Gasteiger partial charge in [-0.05, 0) is 81.1 Å². The Morgan fingerprint density at radius 3 is 2.66 bits per heavy atom. The molecule has 1 amide bonds. The van der Waals surface area contributed by atoms with E-state index in [0.717, 1.165) is 47.2 Å². The highest BCUT2D eigenvalue weighted by Gasteiger charge is 2.28. The summed E-state index contributed by atoms with van der Waals surface area (Å²) in [4.78, 5) is 33.3. The predicted octanol–water partition coefficient (Wildman–Crippen LogP) is 4.15. The molecule has 32 heavy (non-hydrogen) atoms. The fraction of sp³-hybridized carbons (Fsp3) is 0.423. The molecule has 168 valence electrons. The van der Waals surface area contributed by atoms with Crippen LogP contribution in [0.1, 0.15) is 58.9 Å². The Morgan fingerprint density at radius 2 is 2.03 bits per heavy atom. The molecule has 1 aliphatic heterocycles. The maximum absolute atomic E-state index is 13.2. The fourth-order valence-electron chi connectivity index (χ4n) is 3.88. The van der Waals surface area contributed by atoms with Crippen molar-refractivity contribution in [2.45, 2.75) is 46.6 Å². The average Bonchev–Trinajstić information content (AvgIpc) is 3.31.